The second-order valence-electron chi connectivity index (χ2n) is 4.76. The van der Waals surface area contributed by atoms with Gasteiger partial charge in [0.2, 0.25) is 5.91 Å². The van der Waals surface area contributed by atoms with Crippen LogP contribution in [0.3, 0.4) is 0 Å². The summed E-state index contributed by atoms with van der Waals surface area (Å²) in [6.07, 6.45) is 3.14. The van der Waals surface area contributed by atoms with Gasteiger partial charge in [0.05, 0.1) is 0 Å². The molecule has 0 saturated carbocycles. The van der Waals surface area contributed by atoms with Crippen LogP contribution < -0.4 is 10.6 Å². The smallest absolute Gasteiger partial charge is 0.251 e. The summed E-state index contributed by atoms with van der Waals surface area (Å²) in [5, 5.41) is 5.67. The first kappa shape index (κ1) is 16.2. The van der Waals surface area contributed by atoms with Gasteiger partial charge in [0.15, 0.2) is 0 Å². The predicted molar refractivity (Wildman–Crippen MR) is 80.7 cm³/mol. The number of carbonyl (C=O) groups excluding carboxylic acids is 2. The number of benzene rings is 1. The van der Waals surface area contributed by atoms with E-state index in [2.05, 4.69) is 17.6 Å². The Labute approximate surface area is 121 Å². The highest BCUT2D eigenvalue weighted by Crippen LogP contribution is 2.04. The summed E-state index contributed by atoms with van der Waals surface area (Å²) in [6.45, 7) is 5.24. The molecule has 0 saturated heterocycles. The van der Waals surface area contributed by atoms with Gasteiger partial charge in [0.1, 0.15) is 0 Å². The van der Waals surface area contributed by atoms with Crippen molar-refractivity contribution in [2.75, 3.05) is 13.1 Å². The van der Waals surface area contributed by atoms with Crippen LogP contribution in [0.5, 0.6) is 0 Å². The molecule has 0 heterocycles. The molecule has 0 aromatic heterocycles. The van der Waals surface area contributed by atoms with Crippen molar-refractivity contribution in [3.8, 4) is 0 Å². The van der Waals surface area contributed by atoms with E-state index in [1.165, 1.54) is 5.56 Å². The van der Waals surface area contributed by atoms with Gasteiger partial charge in [-0.25, -0.2) is 0 Å². The first-order chi connectivity index (χ1) is 9.67. The van der Waals surface area contributed by atoms with Crippen molar-refractivity contribution in [1.82, 2.24) is 10.6 Å². The van der Waals surface area contributed by atoms with Crippen molar-refractivity contribution in [2.24, 2.45) is 0 Å². The maximum atomic E-state index is 11.8. The van der Waals surface area contributed by atoms with Crippen LogP contribution in [0.15, 0.2) is 24.3 Å². The molecule has 1 rings (SSSR count). The molecule has 4 nitrogen and oxygen atoms in total. The van der Waals surface area contributed by atoms with Gasteiger partial charge in [-0.15, -0.1) is 0 Å². The molecule has 0 bridgehead atoms. The second-order valence-corrected chi connectivity index (χ2v) is 4.76. The van der Waals surface area contributed by atoms with E-state index in [1.54, 1.807) is 0 Å². The minimum absolute atomic E-state index is 0.0625. The van der Waals surface area contributed by atoms with Gasteiger partial charge in [0.25, 0.3) is 5.91 Å². The Morgan fingerprint density at radius 2 is 1.65 bits per heavy atom. The van der Waals surface area contributed by atoms with Crippen LogP contribution in [-0.4, -0.2) is 24.9 Å². The molecule has 2 N–H and O–H groups in total. The molecule has 0 aliphatic rings. The van der Waals surface area contributed by atoms with E-state index in [4.69, 9.17) is 0 Å². The van der Waals surface area contributed by atoms with Crippen molar-refractivity contribution in [1.29, 1.82) is 0 Å². The molecule has 1 aromatic rings. The Morgan fingerprint density at radius 3 is 2.25 bits per heavy atom. The van der Waals surface area contributed by atoms with Crippen LogP contribution >= 0.6 is 0 Å². The monoisotopic (exact) mass is 276 g/mol. The highest BCUT2D eigenvalue weighted by molar-refractivity contribution is 5.94. The quantitative estimate of drug-likeness (QED) is 0.716. The lowest BCUT2D eigenvalue weighted by molar-refractivity contribution is -0.121. The highest BCUT2D eigenvalue weighted by atomic mass is 16.2. The van der Waals surface area contributed by atoms with Crippen molar-refractivity contribution >= 4 is 11.8 Å². The largest absolute Gasteiger partial charge is 0.356 e. The lowest BCUT2D eigenvalue weighted by Gasteiger charge is -2.07. The molecule has 20 heavy (non-hydrogen) atoms. The van der Waals surface area contributed by atoms with E-state index < -0.39 is 0 Å². The number of amides is 2. The maximum absolute atomic E-state index is 11.8. The molecule has 0 unspecified atom stereocenters. The molecule has 0 spiro atoms. The summed E-state index contributed by atoms with van der Waals surface area (Å²) in [5.74, 6) is 0.0153. The summed E-state index contributed by atoms with van der Waals surface area (Å²) in [7, 11) is 0. The van der Waals surface area contributed by atoms with Crippen LogP contribution in [0.25, 0.3) is 0 Å². The Balaban J connectivity index is 2.21. The fourth-order valence-corrected chi connectivity index (χ4v) is 1.83. The average molecular weight is 276 g/mol. The van der Waals surface area contributed by atoms with Crippen LogP contribution in [0, 0.1) is 0 Å². The van der Waals surface area contributed by atoms with Crippen LogP contribution in [0.2, 0.25) is 0 Å². The average Bonchev–Trinajstić information content (AvgIpc) is 2.47. The normalized spacial score (nSPS) is 10.1. The van der Waals surface area contributed by atoms with Gasteiger partial charge in [-0.2, -0.15) is 0 Å². The van der Waals surface area contributed by atoms with E-state index in [1.807, 2.05) is 31.2 Å². The molecule has 0 aliphatic heterocycles. The lowest BCUT2D eigenvalue weighted by atomic mass is 10.1. The van der Waals surface area contributed by atoms with Crippen LogP contribution in [-0.2, 0) is 11.2 Å². The topological polar surface area (TPSA) is 58.2 Å². The molecule has 0 aliphatic carbocycles. The van der Waals surface area contributed by atoms with Gasteiger partial charge in [-0.3, -0.25) is 9.59 Å². The fourth-order valence-electron chi connectivity index (χ4n) is 1.83. The van der Waals surface area contributed by atoms with Gasteiger partial charge < -0.3 is 10.6 Å². The van der Waals surface area contributed by atoms with Gasteiger partial charge in [-0.05, 0) is 37.0 Å². The lowest BCUT2D eigenvalue weighted by Crippen LogP contribution is -2.29. The summed E-state index contributed by atoms with van der Waals surface area (Å²) < 4.78 is 0. The SMILES string of the molecule is CCCC(=O)NCCCNC(=O)c1ccc(CC)cc1. The van der Waals surface area contributed by atoms with E-state index in [0.29, 0.717) is 25.1 Å². The molecule has 2 amide bonds. The molecule has 0 fully saturated rings. The third kappa shape index (κ3) is 5.87. The summed E-state index contributed by atoms with van der Waals surface area (Å²) in [5.41, 5.74) is 1.90. The summed E-state index contributed by atoms with van der Waals surface area (Å²) in [6, 6.07) is 7.63. The third-order valence-electron chi connectivity index (χ3n) is 3.06. The van der Waals surface area contributed by atoms with Gasteiger partial charge in [-0.1, -0.05) is 26.0 Å². The van der Waals surface area contributed by atoms with Gasteiger partial charge in [0, 0.05) is 25.1 Å². The molecule has 1 aromatic carbocycles. The zero-order valence-electron chi connectivity index (χ0n) is 12.4. The number of nitrogens with one attached hydrogen (secondary N) is 2. The minimum Gasteiger partial charge on any atom is -0.356 e. The first-order valence-electron chi connectivity index (χ1n) is 7.31. The number of aryl methyl sites for hydroxylation is 1. The number of rotatable bonds is 8. The first-order valence-corrected chi connectivity index (χ1v) is 7.31. The summed E-state index contributed by atoms with van der Waals surface area (Å²) in [4.78, 5) is 23.1. The van der Waals surface area contributed by atoms with Crippen LogP contribution in [0.4, 0.5) is 0 Å². The number of carbonyl (C=O) groups is 2. The standard InChI is InChI=1S/C16H24N2O2/c1-3-6-15(19)17-11-5-12-18-16(20)14-9-7-13(4-2)8-10-14/h7-10H,3-6,11-12H2,1-2H3,(H,17,19)(H,18,20). The third-order valence-corrected chi connectivity index (χ3v) is 3.06. The van der Waals surface area contributed by atoms with Crippen molar-refractivity contribution in [2.45, 2.75) is 39.5 Å². The van der Waals surface area contributed by atoms with Crippen LogP contribution in [0.1, 0.15) is 49.0 Å². The molecule has 4 heteroatoms. The van der Waals surface area contributed by atoms with Crippen molar-refractivity contribution < 1.29 is 9.59 Å². The Kier molecular flexibility index (Phi) is 7.40. The Bertz CT molecular complexity index is 427. The van der Waals surface area contributed by atoms with E-state index >= 15 is 0 Å². The molecular weight excluding hydrogens is 252 g/mol. The van der Waals surface area contributed by atoms with Gasteiger partial charge >= 0.3 is 0 Å². The highest BCUT2D eigenvalue weighted by Gasteiger charge is 2.04. The molecule has 0 radical (unpaired) electrons. The number of hydrogen-bond donors (Lipinski definition) is 2. The second kappa shape index (κ2) is 9.13. The summed E-state index contributed by atoms with van der Waals surface area (Å²) >= 11 is 0. The maximum Gasteiger partial charge on any atom is 0.251 e. The fraction of sp³-hybridized carbons (Fsp3) is 0.500. The molecular formula is C16H24N2O2. The van der Waals surface area contributed by atoms with E-state index in [-0.39, 0.29) is 11.8 Å². The number of hydrogen-bond acceptors (Lipinski definition) is 2. The van der Waals surface area contributed by atoms with E-state index in [9.17, 15) is 9.59 Å². The van der Waals surface area contributed by atoms with Crippen molar-refractivity contribution in [3.63, 3.8) is 0 Å². The zero-order valence-corrected chi connectivity index (χ0v) is 12.4. The predicted octanol–water partition coefficient (Wildman–Crippen LogP) is 2.29. The van der Waals surface area contributed by atoms with E-state index in [0.717, 1.165) is 19.3 Å². The zero-order chi connectivity index (χ0) is 14.8. The molecule has 0 atom stereocenters. The molecule has 110 valence electrons. The Hall–Kier alpha value is -1.84. The Morgan fingerprint density at radius 1 is 1.00 bits per heavy atom. The van der Waals surface area contributed by atoms with Crippen molar-refractivity contribution in [3.05, 3.63) is 35.4 Å². The minimum atomic E-state index is -0.0625.